The third-order valence-corrected chi connectivity index (χ3v) is 7.56. The molecule has 4 heterocycles. The number of carbonyl (C=O) groups is 2. The van der Waals surface area contributed by atoms with E-state index in [0.717, 1.165) is 25.9 Å². The van der Waals surface area contributed by atoms with Crippen molar-refractivity contribution >= 4 is 40.1 Å². The van der Waals surface area contributed by atoms with Crippen molar-refractivity contribution < 1.29 is 14.7 Å². The average Bonchev–Trinajstić information content (AvgIpc) is 3.64. The van der Waals surface area contributed by atoms with Crippen molar-refractivity contribution in [3.63, 3.8) is 0 Å². The van der Waals surface area contributed by atoms with Crippen LogP contribution in [-0.2, 0) is 0 Å². The summed E-state index contributed by atoms with van der Waals surface area (Å²) in [6.07, 6.45) is 2.93. The Morgan fingerprint density at radius 1 is 1.03 bits per heavy atom. The Hall–Kier alpha value is -3.99. The molecular weight excluding hydrogens is 520 g/mol. The van der Waals surface area contributed by atoms with Crippen LogP contribution in [-0.4, -0.2) is 74.4 Å². The topological polar surface area (TPSA) is 134 Å². The number of aromatic nitrogens is 3. The number of nitrogens with one attached hydrogen (secondary N) is 3. The molecular formula is C28H27ClN6O4. The second-order valence-electron chi connectivity index (χ2n) is 9.86. The number of fused-ring (bicyclic) bond motifs is 2. The van der Waals surface area contributed by atoms with Crippen molar-refractivity contribution in [3.8, 4) is 11.4 Å². The molecule has 2 aromatic heterocycles. The van der Waals surface area contributed by atoms with Crippen LogP contribution in [0, 0.1) is 0 Å². The summed E-state index contributed by atoms with van der Waals surface area (Å²) in [7, 11) is 0. The van der Waals surface area contributed by atoms with E-state index in [-0.39, 0.29) is 35.3 Å². The number of halogens is 1. The van der Waals surface area contributed by atoms with Crippen LogP contribution in [0.4, 0.5) is 5.69 Å². The van der Waals surface area contributed by atoms with E-state index in [1.54, 1.807) is 42.5 Å². The van der Waals surface area contributed by atoms with Crippen molar-refractivity contribution in [2.45, 2.75) is 18.9 Å². The molecule has 2 aromatic carbocycles. The number of hydrogen-bond acceptors (Lipinski definition) is 7. The van der Waals surface area contributed by atoms with Gasteiger partial charge >= 0.3 is 0 Å². The number of hydrogen-bond donors (Lipinski definition) is 4. The van der Waals surface area contributed by atoms with Gasteiger partial charge in [0, 0.05) is 30.9 Å². The maximum atomic E-state index is 13.1. The molecule has 39 heavy (non-hydrogen) atoms. The third-order valence-electron chi connectivity index (χ3n) is 7.33. The number of aliphatic hydroxyl groups excluding tert-OH is 1. The normalized spacial score (nSPS) is 16.3. The second kappa shape index (κ2) is 10.3. The molecule has 1 unspecified atom stereocenters. The van der Waals surface area contributed by atoms with Crippen LogP contribution in [0.15, 0.2) is 53.5 Å². The van der Waals surface area contributed by atoms with Crippen LogP contribution < -0.4 is 10.9 Å². The minimum Gasteiger partial charge on any atom is -0.387 e. The lowest BCUT2D eigenvalue weighted by Gasteiger charge is -2.19. The number of imidazole rings is 1. The summed E-state index contributed by atoms with van der Waals surface area (Å²) in [5.74, 6) is -0.362. The van der Waals surface area contributed by atoms with Crippen LogP contribution >= 0.6 is 11.6 Å². The molecule has 1 fully saturated rings. The van der Waals surface area contributed by atoms with Gasteiger partial charge < -0.3 is 25.3 Å². The molecule has 11 heteroatoms. The van der Waals surface area contributed by atoms with Gasteiger partial charge in [-0.2, -0.15) is 0 Å². The Bertz CT molecular complexity index is 1590. The summed E-state index contributed by atoms with van der Waals surface area (Å²) >= 11 is 6.04. The van der Waals surface area contributed by atoms with E-state index in [1.165, 1.54) is 11.1 Å². The van der Waals surface area contributed by atoms with Gasteiger partial charge in [-0.3, -0.25) is 19.3 Å². The first-order valence-electron chi connectivity index (χ1n) is 12.9. The van der Waals surface area contributed by atoms with Crippen molar-refractivity contribution in [3.05, 3.63) is 80.7 Å². The number of amides is 2. The lowest BCUT2D eigenvalue weighted by Crippen LogP contribution is -2.37. The number of benzene rings is 2. The summed E-state index contributed by atoms with van der Waals surface area (Å²) < 4.78 is 0. The maximum absolute atomic E-state index is 13.1. The predicted octanol–water partition coefficient (Wildman–Crippen LogP) is 3.41. The first kappa shape index (κ1) is 25.3. The number of aliphatic hydroxyl groups is 1. The van der Waals surface area contributed by atoms with E-state index in [9.17, 15) is 19.5 Å². The first-order chi connectivity index (χ1) is 18.9. The standard InChI is InChI=1S/C28H27ClN6O4/c29-17-5-3-4-16(12-17)23(36)15-31-20-6-7-30-26(37)24(20)25-32-21-13-18-19(14-22(21)33-25)28(39)35(27(18)38)11-10-34-8-1-2-9-34/h3-7,12-14,23,36H,1-2,8-11,15H2,(H,32,33)(H2,30,31,37). The Morgan fingerprint density at radius 2 is 1.79 bits per heavy atom. The molecule has 6 rings (SSSR count). The fourth-order valence-electron chi connectivity index (χ4n) is 5.26. The van der Waals surface area contributed by atoms with Gasteiger partial charge in [0.25, 0.3) is 17.4 Å². The number of aromatic amines is 2. The van der Waals surface area contributed by atoms with Gasteiger partial charge in [0.1, 0.15) is 11.4 Å². The number of anilines is 1. The van der Waals surface area contributed by atoms with Gasteiger partial charge in [0.05, 0.1) is 34.0 Å². The van der Waals surface area contributed by atoms with Gasteiger partial charge in [0.2, 0.25) is 0 Å². The number of carbonyl (C=O) groups excluding carboxylic acids is 2. The summed E-state index contributed by atoms with van der Waals surface area (Å²) in [6.45, 7) is 3.14. The second-order valence-corrected chi connectivity index (χ2v) is 10.3. The molecule has 1 saturated heterocycles. The zero-order chi connectivity index (χ0) is 27.1. The average molecular weight is 547 g/mol. The van der Waals surface area contributed by atoms with E-state index in [1.807, 2.05) is 0 Å². The lowest BCUT2D eigenvalue weighted by atomic mass is 10.1. The number of likely N-dealkylation sites (tertiary alicyclic amines) is 1. The highest BCUT2D eigenvalue weighted by atomic mass is 35.5. The van der Waals surface area contributed by atoms with E-state index in [4.69, 9.17) is 11.6 Å². The minimum atomic E-state index is -0.861. The largest absolute Gasteiger partial charge is 0.387 e. The van der Waals surface area contributed by atoms with Crippen molar-refractivity contribution in [1.82, 2.24) is 24.8 Å². The highest BCUT2D eigenvalue weighted by Crippen LogP contribution is 2.30. The SMILES string of the molecule is O=C1c2cc3nc(-c4c(NCC(O)c5cccc(Cl)c5)cc[nH]c4=O)[nH]c3cc2C(=O)N1CCN1CCCC1. The van der Waals surface area contributed by atoms with E-state index in [2.05, 4.69) is 25.2 Å². The lowest BCUT2D eigenvalue weighted by molar-refractivity contribution is 0.0640. The zero-order valence-electron chi connectivity index (χ0n) is 21.0. The van der Waals surface area contributed by atoms with Crippen molar-refractivity contribution in [1.29, 1.82) is 0 Å². The molecule has 0 aliphatic carbocycles. The van der Waals surface area contributed by atoms with Crippen LogP contribution in [0.25, 0.3) is 22.4 Å². The first-order valence-corrected chi connectivity index (χ1v) is 13.3. The molecule has 2 aliphatic heterocycles. The maximum Gasteiger partial charge on any atom is 0.261 e. The summed E-state index contributed by atoms with van der Waals surface area (Å²) in [4.78, 5) is 53.0. The number of H-pyrrole nitrogens is 2. The molecule has 0 saturated carbocycles. The summed E-state index contributed by atoms with van der Waals surface area (Å²) in [6, 6.07) is 11.9. The van der Waals surface area contributed by atoms with Crippen molar-refractivity contribution in [2.75, 3.05) is 38.0 Å². The molecule has 200 valence electrons. The highest BCUT2D eigenvalue weighted by Gasteiger charge is 2.36. The van der Waals surface area contributed by atoms with Crippen LogP contribution in [0.5, 0.6) is 0 Å². The minimum absolute atomic E-state index is 0.127. The number of rotatable bonds is 8. The molecule has 0 spiro atoms. The number of nitrogens with zero attached hydrogens (tertiary/aromatic N) is 3. The predicted molar refractivity (Wildman–Crippen MR) is 148 cm³/mol. The molecule has 2 aliphatic rings. The zero-order valence-corrected chi connectivity index (χ0v) is 21.8. The molecule has 2 amide bonds. The fourth-order valence-corrected chi connectivity index (χ4v) is 5.46. The number of pyridine rings is 1. The van der Waals surface area contributed by atoms with Crippen molar-refractivity contribution in [2.24, 2.45) is 0 Å². The Kier molecular flexibility index (Phi) is 6.68. The Balaban J connectivity index is 1.25. The summed E-state index contributed by atoms with van der Waals surface area (Å²) in [5, 5.41) is 14.3. The molecule has 4 N–H and O–H groups in total. The molecule has 1 atom stereocenters. The molecule has 0 bridgehead atoms. The van der Waals surface area contributed by atoms with E-state index in [0.29, 0.717) is 51.5 Å². The van der Waals surface area contributed by atoms with Crippen LogP contribution in [0.1, 0.15) is 45.2 Å². The van der Waals surface area contributed by atoms with Gasteiger partial charge in [-0.25, -0.2) is 4.98 Å². The third kappa shape index (κ3) is 4.82. The van der Waals surface area contributed by atoms with Gasteiger partial charge in [-0.1, -0.05) is 23.7 Å². The Morgan fingerprint density at radius 3 is 2.56 bits per heavy atom. The quantitative estimate of drug-likeness (QED) is 0.249. The van der Waals surface area contributed by atoms with E-state index >= 15 is 0 Å². The van der Waals surface area contributed by atoms with Gasteiger partial charge in [0.15, 0.2) is 0 Å². The molecule has 4 aromatic rings. The molecule has 0 radical (unpaired) electrons. The number of imide groups is 1. The Labute approximate surface area is 228 Å². The van der Waals surface area contributed by atoms with Gasteiger partial charge in [-0.05, 0) is 61.8 Å². The van der Waals surface area contributed by atoms with Crippen LogP contribution in [0.3, 0.4) is 0 Å². The van der Waals surface area contributed by atoms with E-state index < -0.39 is 6.10 Å². The smallest absolute Gasteiger partial charge is 0.261 e. The monoisotopic (exact) mass is 546 g/mol. The highest BCUT2D eigenvalue weighted by molar-refractivity contribution is 6.30. The van der Waals surface area contributed by atoms with Crippen LogP contribution in [0.2, 0.25) is 5.02 Å². The van der Waals surface area contributed by atoms with Gasteiger partial charge in [-0.15, -0.1) is 0 Å². The fraction of sp³-hybridized carbons (Fsp3) is 0.286. The summed E-state index contributed by atoms with van der Waals surface area (Å²) in [5.41, 5.74) is 2.63. The molecule has 10 nitrogen and oxygen atoms in total.